The van der Waals surface area contributed by atoms with E-state index in [1.807, 2.05) is 48.5 Å². The number of fused-ring (bicyclic) bond motifs is 1. The molecule has 2 atom stereocenters. The number of carbonyl (C=O) groups excluding carboxylic acids is 1. The summed E-state index contributed by atoms with van der Waals surface area (Å²) in [5.74, 6) is 0.441. The number of ether oxygens (including phenoxy) is 1. The molecular weight excluding hydrogens is 430 g/mol. The average molecular weight is 458 g/mol. The van der Waals surface area contributed by atoms with Gasteiger partial charge in [-0.3, -0.25) is 9.89 Å². The van der Waals surface area contributed by atoms with Gasteiger partial charge in [-0.25, -0.2) is 4.98 Å². The summed E-state index contributed by atoms with van der Waals surface area (Å²) in [6.45, 7) is 1.63. The van der Waals surface area contributed by atoms with Gasteiger partial charge >= 0.3 is 0 Å². The Hall–Kier alpha value is -3.75. The van der Waals surface area contributed by atoms with Crippen molar-refractivity contribution < 1.29 is 14.6 Å². The van der Waals surface area contributed by atoms with Gasteiger partial charge in [0.15, 0.2) is 11.8 Å². The molecule has 34 heavy (non-hydrogen) atoms. The maximum atomic E-state index is 12.9. The lowest BCUT2D eigenvalue weighted by atomic mass is 9.99. The lowest BCUT2D eigenvalue weighted by molar-refractivity contribution is -0.141. The number of nitrogens with one attached hydrogen (secondary N) is 2. The Morgan fingerprint density at radius 3 is 2.82 bits per heavy atom. The van der Waals surface area contributed by atoms with Crippen molar-refractivity contribution in [1.82, 2.24) is 25.4 Å². The monoisotopic (exact) mass is 457 g/mol. The minimum atomic E-state index is -1.22. The van der Waals surface area contributed by atoms with Gasteiger partial charge in [0.1, 0.15) is 5.75 Å². The lowest BCUT2D eigenvalue weighted by Gasteiger charge is -2.26. The van der Waals surface area contributed by atoms with Gasteiger partial charge in [0.25, 0.3) is 5.91 Å². The molecule has 0 radical (unpaired) electrons. The highest BCUT2D eigenvalue weighted by atomic mass is 16.5. The van der Waals surface area contributed by atoms with Crippen LogP contribution in [0.3, 0.4) is 0 Å². The average Bonchev–Trinajstić information content (AvgIpc) is 3.57. The summed E-state index contributed by atoms with van der Waals surface area (Å²) in [4.78, 5) is 19.1. The number of carbonyl (C=O) groups is 1. The standard InChI is InChI=1S/C26H27N5O3/c1-31(19-10-11-27-15-19)26(33)24(32)17-7-5-6-16(12-17)18-13-21-23(29-30-25(21)28-14-18)20-8-3-4-9-22(20)34-2/h3-9,12-14,19,24,27,32H,10-11,15H2,1-2H3,(H,28,29,30). The number of aliphatic hydroxyl groups is 1. The van der Waals surface area contributed by atoms with Crippen LogP contribution in [0.15, 0.2) is 60.8 Å². The molecule has 3 heterocycles. The number of hydrogen-bond acceptors (Lipinski definition) is 6. The highest BCUT2D eigenvalue weighted by Crippen LogP contribution is 2.34. The van der Waals surface area contributed by atoms with Crippen molar-refractivity contribution in [2.24, 2.45) is 0 Å². The number of rotatable bonds is 6. The molecule has 1 aliphatic heterocycles. The number of aromatic nitrogens is 3. The molecular formula is C26H27N5O3. The van der Waals surface area contributed by atoms with Crippen molar-refractivity contribution in [1.29, 1.82) is 0 Å². The molecule has 2 aromatic heterocycles. The number of nitrogens with zero attached hydrogens (tertiary/aromatic N) is 3. The van der Waals surface area contributed by atoms with E-state index < -0.39 is 6.10 Å². The molecule has 5 rings (SSSR count). The molecule has 1 fully saturated rings. The molecule has 1 aliphatic rings. The fourth-order valence-electron chi connectivity index (χ4n) is 4.49. The molecule has 2 unspecified atom stereocenters. The van der Waals surface area contributed by atoms with Gasteiger partial charge in [-0.15, -0.1) is 0 Å². The van der Waals surface area contributed by atoms with Crippen LogP contribution in [0, 0.1) is 0 Å². The predicted molar refractivity (Wildman–Crippen MR) is 130 cm³/mol. The smallest absolute Gasteiger partial charge is 0.256 e. The summed E-state index contributed by atoms with van der Waals surface area (Å²) >= 11 is 0. The van der Waals surface area contributed by atoms with E-state index in [-0.39, 0.29) is 11.9 Å². The van der Waals surface area contributed by atoms with Gasteiger partial charge in [0.2, 0.25) is 0 Å². The van der Waals surface area contributed by atoms with Gasteiger partial charge in [-0.1, -0.05) is 30.3 Å². The van der Waals surface area contributed by atoms with Crippen LogP contribution >= 0.6 is 0 Å². The van der Waals surface area contributed by atoms with Crippen molar-refractivity contribution >= 4 is 16.9 Å². The molecule has 174 valence electrons. The summed E-state index contributed by atoms with van der Waals surface area (Å²) in [5.41, 5.74) is 4.59. The van der Waals surface area contributed by atoms with Gasteiger partial charge < -0.3 is 20.1 Å². The lowest BCUT2D eigenvalue weighted by Crippen LogP contribution is -2.41. The number of likely N-dealkylation sites (N-methyl/N-ethyl adjacent to an activating group) is 1. The van der Waals surface area contributed by atoms with Crippen LogP contribution in [0.1, 0.15) is 18.1 Å². The molecule has 1 saturated heterocycles. The SMILES string of the molecule is COc1ccccc1-c1[nH]nc2ncc(-c3cccc(C(O)C(=O)N(C)C4CCNC4)c3)cc12. The van der Waals surface area contributed by atoms with Crippen LogP contribution in [0.2, 0.25) is 0 Å². The van der Waals surface area contributed by atoms with Crippen molar-refractivity contribution in [3.63, 3.8) is 0 Å². The second-order valence-electron chi connectivity index (χ2n) is 8.52. The van der Waals surface area contributed by atoms with Crippen LogP contribution in [-0.2, 0) is 4.79 Å². The van der Waals surface area contributed by atoms with Gasteiger partial charge in [0.05, 0.1) is 12.8 Å². The van der Waals surface area contributed by atoms with Gasteiger partial charge in [-0.05, 0) is 48.4 Å². The molecule has 0 bridgehead atoms. The predicted octanol–water partition coefficient (Wildman–Crippen LogP) is 3.15. The van der Waals surface area contributed by atoms with E-state index in [1.54, 1.807) is 31.3 Å². The molecule has 0 spiro atoms. The van der Waals surface area contributed by atoms with E-state index in [2.05, 4.69) is 20.5 Å². The van der Waals surface area contributed by atoms with Crippen LogP contribution in [0.25, 0.3) is 33.4 Å². The van der Waals surface area contributed by atoms with E-state index in [0.717, 1.165) is 53.0 Å². The molecule has 3 N–H and O–H groups in total. The van der Waals surface area contributed by atoms with Crippen molar-refractivity contribution in [2.75, 3.05) is 27.2 Å². The maximum absolute atomic E-state index is 12.9. The fourth-order valence-corrected chi connectivity index (χ4v) is 4.49. The van der Waals surface area contributed by atoms with Gasteiger partial charge in [-0.2, -0.15) is 5.10 Å². The van der Waals surface area contributed by atoms with Crippen LogP contribution in [0.5, 0.6) is 5.75 Å². The first-order valence-electron chi connectivity index (χ1n) is 11.3. The Balaban J connectivity index is 1.47. The number of H-pyrrole nitrogens is 1. The van der Waals surface area contributed by atoms with E-state index >= 15 is 0 Å². The molecule has 0 aliphatic carbocycles. The Morgan fingerprint density at radius 1 is 1.18 bits per heavy atom. The molecule has 0 saturated carbocycles. The third kappa shape index (κ3) is 4.02. The Bertz CT molecular complexity index is 1330. The Morgan fingerprint density at radius 2 is 2.03 bits per heavy atom. The van der Waals surface area contributed by atoms with Crippen LogP contribution in [-0.4, -0.2) is 64.4 Å². The fraction of sp³-hybridized carbons (Fsp3) is 0.269. The zero-order valence-electron chi connectivity index (χ0n) is 19.2. The van der Waals surface area contributed by atoms with Crippen molar-refractivity contribution in [2.45, 2.75) is 18.6 Å². The summed E-state index contributed by atoms with van der Waals surface area (Å²) < 4.78 is 5.52. The van der Waals surface area contributed by atoms with E-state index in [1.165, 1.54) is 0 Å². The van der Waals surface area contributed by atoms with Gasteiger partial charge in [0, 0.05) is 42.3 Å². The van der Waals surface area contributed by atoms with Crippen LogP contribution < -0.4 is 10.1 Å². The molecule has 1 amide bonds. The number of pyridine rings is 1. The third-order valence-corrected chi connectivity index (χ3v) is 6.49. The highest BCUT2D eigenvalue weighted by Gasteiger charge is 2.28. The zero-order valence-corrected chi connectivity index (χ0v) is 19.2. The molecule has 8 heteroatoms. The topological polar surface area (TPSA) is 103 Å². The number of amides is 1. The highest BCUT2D eigenvalue weighted by molar-refractivity contribution is 5.94. The first-order chi connectivity index (χ1) is 16.6. The number of benzene rings is 2. The summed E-state index contributed by atoms with van der Waals surface area (Å²) in [6, 6.07) is 17.3. The van der Waals surface area contributed by atoms with E-state index in [0.29, 0.717) is 11.2 Å². The second kappa shape index (κ2) is 9.24. The van der Waals surface area contributed by atoms with Crippen LogP contribution in [0.4, 0.5) is 0 Å². The minimum Gasteiger partial charge on any atom is -0.496 e. The first-order valence-corrected chi connectivity index (χ1v) is 11.3. The number of aliphatic hydroxyl groups excluding tert-OH is 1. The Labute approximate surface area is 197 Å². The molecule has 4 aromatic rings. The summed E-state index contributed by atoms with van der Waals surface area (Å²) in [7, 11) is 3.39. The summed E-state index contributed by atoms with van der Waals surface area (Å²) in [5, 5.41) is 22.4. The third-order valence-electron chi connectivity index (χ3n) is 6.49. The normalized spacial score (nSPS) is 16.5. The van der Waals surface area contributed by atoms with E-state index in [9.17, 15) is 9.90 Å². The second-order valence-corrected chi connectivity index (χ2v) is 8.52. The number of aromatic amines is 1. The number of methoxy groups -OCH3 is 1. The maximum Gasteiger partial charge on any atom is 0.256 e. The van der Waals surface area contributed by atoms with Crippen molar-refractivity contribution in [3.8, 4) is 28.1 Å². The molecule has 2 aromatic carbocycles. The first kappa shape index (κ1) is 22.1. The molecule has 8 nitrogen and oxygen atoms in total. The quantitative estimate of drug-likeness (QED) is 0.411. The van der Waals surface area contributed by atoms with Crippen molar-refractivity contribution in [3.05, 3.63) is 66.4 Å². The largest absolute Gasteiger partial charge is 0.496 e. The minimum absolute atomic E-state index is 0.103. The Kier molecular flexibility index (Phi) is 6.00. The zero-order chi connectivity index (χ0) is 23.7. The summed E-state index contributed by atoms with van der Waals surface area (Å²) in [6.07, 6.45) is 1.42. The van der Waals surface area contributed by atoms with E-state index in [4.69, 9.17) is 4.74 Å². The number of hydrogen-bond donors (Lipinski definition) is 3. The number of para-hydroxylation sites is 1.